The van der Waals surface area contributed by atoms with E-state index >= 15 is 0 Å². The SMILES string of the molecule is CNCC(=O)Nc1cc(/C=C(\C)C(=O)c2cc(OC)c(OC)c(OC)c2)ccc1OC. The van der Waals surface area contributed by atoms with Gasteiger partial charge in [0.15, 0.2) is 17.3 Å². The number of Topliss-reactive ketones (excluding diaryl/α,β-unsaturated/α-hetero) is 1. The van der Waals surface area contributed by atoms with Gasteiger partial charge in [-0.2, -0.15) is 0 Å². The van der Waals surface area contributed by atoms with Gasteiger partial charge in [-0.15, -0.1) is 0 Å². The number of rotatable bonds is 10. The van der Waals surface area contributed by atoms with E-state index in [9.17, 15) is 9.59 Å². The molecule has 0 bridgehead atoms. The monoisotopic (exact) mass is 428 g/mol. The Morgan fingerprint density at radius 1 is 0.903 bits per heavy atom. The van der Waals surface area contributed by atoms with Crippen LogP contribution in [0.1, 0.15) is 22.8 Å². The van der Waals surface area contributed by atoms with Crippen LogP contribution in [0.15, 0.2) is 35.9 Å². The third kappa shape index (κ3) is 5.76. The molecule has 8 nitrogen and oxygen atoms in total. The zero-order chi connectivity index (χ0) is 23.0. The molecule has 0 fully saturated rings. The van der Waals surface area contributed by atoms with E-state index in [-0.39, 0.29) is 18.2 Å². The first kappa shape index (κ1) is 23.8. The number of anilines is 1. The fourth-order valence-electron chi connectivity index (χ4n) is 3.02. The van der Waals surface area contributed by atoms with Crippen molar-refractivity contribution in [2.45, 2.75) is 6.92 Å². The van der Waals surface area contributed by atoms with Crippen molar-refractivity contribution >= 4 is 23.5 Å². The molecular formula is C23H28N2O6. The van der Waals surface area contributed by atoms with Crippen LogP contribution < -0.4 is 29.6 Å². The Labute approximate surface area is 182 Å². The van der Waals surface area contributed by atoms with Crippen LogP contribution in [0.3, 0.4) is 0 Å². The molecule has 31 heavy (non-hydrogen) atoms. The van der Waals surface area contributed by atoms with Crippen molar-refractivity contribution in [1.82, 2.24) is 5.32 Å². The zero-order valence-electron chi connectivity index (χ0n) is 18.6. The third-order valence-electron chi connectivity index (χ3n) is 4.50. The van der Waals surface area contributed by atoms with Gasteiger partial charge in [0.05, 0.1) is 40.7 Å². The summed E-state index contributed by atoms with van der Waals surface area (Å²) in [5, 5.41) is 5.59. The van der Waals surface area contributed by atoms with E-state index in [1.54, 1.807) is 50.4 Å². The summed E-state index contributed by atoms with van der Waals surface area (Å²) in [4.78, 5) is 25.0. The van der Waals surface area contributed by atoms with Crippen LogP contribution in [-0.4, -0.2) is 53.7 Å². The standard InChI is InChI=1S/C23H28N2O6/c1-14(22(27)16-11-19(29-4)23(31-6)20(12-16)30-5)9-15-7-8-18(28-3)17(10-15)25-21(26)13-24-2/h7-12,24H,13H2,1-6H3,(H,25,26)/b14-9+. The summed E-state index contributed by atoms with van der Waals surface area (Å²) < 4.78 is 21.3. The van der Waals surface area contributed by atoms with Crippen molar-refractivity contribution in [1.29, 1.82) is 0 Å². The molecule has 0 aliphatic heterocycles. The highest BCUT2D eigenvalue weighted by molar-refractivity contribution is 6.11. The van der Waals surface area contributed by atoms with Crippen molar-refractivity contribution in [2.75, 3.05) is 47.3 Å². The highest BCUT2D eigenvalue weighted by Crippen LogP contribution is 2.38. The lowest BCUT2D eigenvalue weighted by Crippen LogP contribution is -2.25. The number of methoxy groups -OCH3 is 4. The molecule has 0 atom stereocenters. The second-order valence-electron chi connectivity index (χ2n) is 6.61. The first-order valence-corrected chi connectivity index (χ1v) is 9.53. The smallest absolute Gasteiger partial charge is 0.238 e. The van der Waals surface area contributed by atoms with E-state index in [4.69, 9.17) is 18.9 Å². The molecule has 2 aromatic rings. The van der Waals surface area contributed by atoms with Crippen LogP contribution >= 0.6 is 0 Å². The Kier molecular flexibility index (Phi) is 8.45. The van der Waals surface area contributed by atoms with Crippen molar-refractivity contribution in [3.8, 4) is 23.0 Å². The summed E-state index contributed by atoms with van der Waals surface area (Å²) in [7, 11) is 7.71. The van der Waals surface area contributed by atoms with Crippen LogP contribution in [-0.2, 0) is 4.79 Å². The number of hydrogen-bond donors (Lipinski definition) is 2. The van der Waals surface area contributed by atoms with Crippen molar-refractivity contribution in [3.05, 3.63) is 47.0 Å². The highest BCUT2D eigenvalue weighted by Gasteiger charge is 2.18. The van der Waals surface area contributed by atoms with E-state index in [1.807, 2.05) is 0 Å². The van der Waals surface area contributed by atoms with Gasteiger partial charge in [0.2, 0.25) is 11.7 Å². The van der Waals surface area contributed by atoms with Gasteiger partial charge in [0.1, 0.15) is 5.75 Å². The normalized spacial score (nSPS) is 11.0. The molecule has 166 valence electrons. The molecule has 0 spiro atoms. The summed E-state index contributed by atoms with van der Waals surface area (Å²) in [6, 6.07) is 8.51. The number of ketones is 1. The number of amides is 1. The Morgan fingerprint density at radius 3 is 2.03 bits per heavy atom. The average Bonchev–Trinajstić information content (AvgIpc) is 2.77. The quantitative estimate of drug-likeness (QED) is 0.443. The van der Waals surface area contributed by atoms with Gasteiger partial charge in [0, 0.05) is 5.56 Å². The highest BCUT2D eigenvalue weighted by atomic mass is 16.5. The molecule has 2 N–H and O–H groups in total. The second-order valence-corrected chi connectivity index (χ2v) is 6.61. The van der Waals surface area contributed by atoms with Gasteiger partial charge in [0.25, 0.3) is 0 Å². The van der Waals surface area contributed by atoms with Crippen LogP contribution in [0.2, 0.25) is 0 Å². The predicted octanol–water partition coefficient (Wildman–Crippen LogP) is 3.17. The van der Waals surface area contributed by atoms with Gasteiger partial charge < -0.3 is 29.6 Å². The van der Waals surface area contributed by atoms with Gasteiger partial charge in [-0.1, -0.05) is 6.07 Å². The minimum absolute atomic E-state index is 0.169. The van der Waals surface area contributed by atoms with Crippen molar-refractivity contribution in [3.63, 3.8) is 0 Å². The molecule has 0 unspecified atom stereocenters. The molecule has 8 heteroatoms. The molecule has 1 amide bonds. The Bertz CT molecular complexity index is 959. The maximum absolute atomic E-state index is 13.0. The van der Waals surface area contributed by atoms with Crippen LogP contribution in [0.25, 0.3) is 6.08 Å². The molecular weight excluding hydrogens is 400 g/mol. The molecule has 0 heterocycles. The summed E-state index contributed by atoms with van der Waals surface area (Å²) >= 11 is 0. The number of carbonyl (C=O) groups is 2. The Hall–Kier alpha value is -3.52. The van der Waals surface area contributed by atoms with Crippen LogP contribution in [0.4, 0.5) is 5.69 Å². The lowest BCUT2D eigenvalue weighted by molar-refractivity contribution is -0.115. The number of ether oxygens (including phenoxy) is 4. The summed E-state index contributed by atoms with van der Waals surface area (Å²) in [6.07, 6.45) is 1.73. The first-order chi connectivity index (χ1) is 14.9. The fraction of sp³-hybridized carbons (Fsp3) is 0.304. The molecule has 0 saturated carbocycles. The summed E-state index contributed by atoms with van der Waals surface area (Å²) in [5.41, 5.74) is 2.15. The number of likely N-dealkylation sites (N-methyl/N-ethyl adjacent to an activating group) is 1. The lowest BCUT2D eigenvalue weighted by Gasteiger charge is -2.14. The molecule has 0 radical (unpaired) electrons. The number of carbonyl (C=O) groups excluding carboxylic acids is 2. The van der Waals surface area contributed by atoms with Crippen molar-refractivity contribution in [2.24, 2.45) is 0 Å². The molecule has 0 aliphatic carbocycles. The number of benzene rings is 2. The third-order valence-corrected chi connectivity index (χ3v) is 4.50. The average molecular weight is 428 g/mol. The summed E-state index contributed by atoms with van der Waals surface area (Å²) in [5.74, 6) is 1.34. The molecule has 0 aromatic heterocycles. The van der Waals surface area contributed by atoms with Crippen LogP contribution in [0.5, 0.6) is 23.0 Å². The topological polar surface area (TPSA) is 95.1 Å². The minimum atomic E-state index is -0.202. The van der Waals surface area contributed by atoms with E-state index in [0.717, 1.165) is 5.56 Å². The largest absolute Gasteiger partial charge is 0.495 e. The second kappa shape index (κ2) is 11.0. The molecule has 0 saturated heterocycles. The van der Waals surface area contributed by atoms with E-state index in [0.29, 0.717) is 39.8 Å². The maximum atomic E-state index is 13.0. The van der Waals surface area contributed by atoms with Gasteiger partial charge in [-0.05, 0) is 55.4 Å². The van der Waals surface area contributed by atoms with Gasteiger partial charge in [-0.25, -0.2) is 0 Å². The first-order valence-electron chi connectivity index (χ1n) is 9.53. The van der Waals surface area contributed by atoms with Gasteiger partial charge >= 0.3 is 0 Å². The van der Waals surface area contributed by atoms with Gasteiger partial charge in [-0.3, -0.25) is 9.59 Å². The Balaban J connectivity index is 2.38. The van der Waals surface area contributed by atoms with Crippen molar-refractivity contribution < 1.29 is 28.5 Å². The van der Waals surface area contributed by atoms with E-state index < -0.39 is 0 Å². The van der Waals surface area contributed by atoms with E-state index in [1.165, 1.54) is 28.4 Å². The van der Waals surface area contributed by atoms with Crippen LogP contribution in [0, 0.1) is 0 Å². The maximum Gasteiger partial charge on any atom is 0.238 e. The van der Waals surface area contributed by atoms with E-state index in [2.05, 4.69) is 10.6 Å². The molecule has 2 rings (SSSR count). The lowest BCUT2D eigenvalue weighted by atomic mass is 10.0. The summed E-state index contributed by atoms with van der Waals surface area (Å²) in [6.45, 7) is 1.89. The number of allylic oxidation sites excluding steroid dienone is 1. The number of nitrogens with one attached hydrogen (secondary N) is 2. The molecule has 0 aliphatic rings. The molecule has 2 aromatic carbocycles. The zero-order valence-corrected chi connectivity index (χ0v) is 18.6. The number of hydrogen-bond acceptors (Lipinski definition) is 7. The predicted molar refractivity (Wildman–Crippen MR) is 120 cm³/mol. The fourth-order valence-corrected chi connectivity index (χ4v) is 3.02. The minimum Gasteiger partial charge on any atom is -0.495 e. The Morgan fingerprint density at radius 2 is 1.52 bits per heavy atom.